The van der Waals surface area contributed by atoms with Gasteiger partial charge in [0.25, 0.3) is 0 Å². The molecule has 0 fully saturated rings. The van der Waals surface area contributed by atoms with E-state index in [4.69, 9.17) is 9.47 Å². The molecule has 27 heavy (non-hydrogen) atoms. The number of pyridine rings is 1. The molecule has 0 atom stereocenters. The van der Waals surface area contributed by atoms with Gasteiger partial charge in [-0.1, -0.05) is 18.2 Å². The van der Waals surface area contributed by atoms with Gasteiger partial charge >= 0.3 is 5.97 Å². The van der Waals surface area contributed by atoms with Gasteiger partial charge in [-0.25, -0.2) is 14.2 Å². The predicted octanol–water partition coefficient (Wildman–Crippen LogP) is 3.89. The maximum Gasteiger partial charge on any atom is 0.346 e. The Morgan fingerprint density at radius 2 is 1.93 bits per heavy atom. The normalized spacial score (nSPS) is 10.6. The minimum absolute atomic E-state index is 0.148. The van der Waals surface area contributed by atoms with Crippen LogP contribution in [0.2, 0.25) is 0 Å². The van der Waals surface area contributed by atoms with Gasteiger partial charge in [-0.05, 0) is 48.0 Å². The zero-order valence-corrected chi connectivity index (χ0v) is 14.4. The first-order valence-electron chi connectivity index (χ1n) is 8.02. The van der Waals surface area contributed by atoms with Crippen molar-refractivity contribution in [2.75, 3.05) is 12.5 Å². The zero-order valence-electron chi connectivity index (χ0n) is 14.4. The molecule has 136 valence electrons. The van der Waals surface area contributed by atoms with Crippen molar-refractivity contribution in [3.63, 3.8) is 0 Å². The van der Waals surface area contributed by atoms with Gasteiger partial charge in [-0.3, -0.25) is 5.43 Å². The highest BCUT2D eigenvalue weighted by atomic mass is 19.1. The van der Waals surface area contributed by atoms with Crippen molar-refractivity contribution in [2.45, 2.75) is 0 Å². The molecule has 0 spiro atoms. The van der Waals surface area contributed by atoms with Crippen LogP contribution in [0.5, 0.6) is 11.5 Å². The molecule has 2 aromatic carbocycles. The van der Waals surface area contributed by atoms with Crippen LogP contribution in [0.3, 0.4) is 0 Å². The van der Waals surface area contributed by atoms with Crippen LogP contribution in [0, 0.1) is 5.82 Å². The van der Waals surface area contributed by atoms with Crippen molar-refractivity contribution in [1.29, 1.82) is 0 Å². The molecule has 0 aliphatic heterocycles. The lowest BCUT2D eigenvalue weighted by Gasteiger charge is -2.10. The highest BCUT2D eigenvalue weighted by Crippen LogP contribution is 2.28. The molecule has 0 bridgehead atoms. The van der Waals surface area contributed by atoms with Crippen molar-refractivity contribution in [3.8, 4) is 11.5 Å². The molecule has 1 N–H and O–H groups in total. The Hall–Kier alpha value is -3.74. The molecule has 0 unspecified atom stereocenters. The number of aromatic nitrogens is 1. The molecule has 0 amide bonds. The Bertz CT molecular complexity index is 962. The van der Waals surface area contributed by atoms with Crippen LogP contribution in [0.1, 0.15) is 15.9 Å². The molecule has 0 saturated heterocycles. The van der Waals surface area contributed by atoms with Gasteiger partial charge in [-0.15, -0.1) is 0 Å². The summed E-state index contributed by atoms with van der Waals surface area (Å²) in [6, 6.07) is 15.9. The molecule has 3 rings (SSSR count). The van der Waals surface area contributed by atoms with Crippen molar-refractivity contribution in [2.24, 2.45) is 5.10 Å². The number of carbonyl (C=O) groups is 1. The first-order chi connectivity index (χ1) is 13.2. The van der Waals surface area contributed by atoms with Crippen LogP contribution in [-0.4, -0.2) is 24.3 Å². The summed E-state index contributed by atoms with van der Waals surface area (Å²) >= 11 is 0. The quantitative estimate of drug-likeness (QED) is 0.310. The van der Waals surface area contributed by atoms with Gasteiger partial charge in [0.2, 0.25) is 0 Å². The average molecular weight is 365 g/mol. The Balaban J connectivity index is 1.72. The lowest BCUT2D eigenvalue weighted by atomic mass is 10.2. The highest BCUT2D eigenvalue weighted by Gasteiger charge is 2.16. The second-order valence-electron chi connectivity index (χ2n) is 5.36. The van der Waals surface area contributed by atoms with Crippen molar-refractivity contribution in [3.05, 3.63) is 83.8 Å². The smallest absolute Gasteiger partial charge is 0.346 e. The van der Waals surface area contributed by atoms with E-state index in [1.54, 1.807) is 48.8 Å². The lowest BCUT2D eigenvalue weighted by Crippen LogP contribution is -2.11. The van der Waals surface area contributed by atoms with E-state index < -0.39 is 11.8 Å². The molecule has 3 aromatic rings. The van der Waals surface area contributed by atoms with Crippen LogP contribution in [-0.2, 0) is 0 Å². The number of nitrogens with one attached hydrogen (secondary N) is 1. The second-order valence-corrected chi connectivity index (χ2v) is 5.36. The van der Waals surface area contributed by atoms with E-state index in [1.165, 1.54) is 25.3 Å². The van der Waals surface area contributed by atoms with Gasteiger partial charge in [0.15, 0.2) is 11.5 Å². The molecule has 0 radical (unpaired) electrons. The summed E-state index contributed by atoms with van der Waals surface area (Å²) in [5, 5.41) is 4.09. The van der Waals surface area contributed by atoms with E-state index in [0.717, 1.165) is 0 Å². The number of rotatable bonds is 6. The standard InChI is InChI=1S/C20H16FN3O3/c1-26-18-12-14(13-23-24-19-8-4-5-11-22-19)9-10-17(18)27-20(25)15-6-2-3-7-16(15)21/h2-13H,1H3,(H,22,24)/b23-13-. The van der Waals surface area contributed by atoms with Crippen LogP contribution in [0.25, 0.3) is 0 Å². The molecular weight excluding hydrogens is 349 g/mol. The molecule has 1 aromatic heterocycles. The van der Waals surface area contributed by atoms with Gasteiger partial charge in [0, 0.05) is 6.20 Å². The number of ether oxygens (including phenoxy) is 2. The predicted molar refractivity (Wildman–Crippen MR) is 99.8 cm³/mol. The number of carbonyl (C=O) groups excluding carboxylic acids is 1. The average Bonchev–Trinajstić information content (AvgIpc) is 2.70. The van der Waals surface area contributed by atoms with E-state index >= 15 is 0 Å². The minimum atomic E-state index is -0.801. The molecule has 0 saturated carbocycles. The molecule has 0 aliphatic rings. The molecule has 0 aliphatic carbocycles. The number of methoxy groups -OCH3 is 1. The first kappa shape index (κ1) is 18.1. The summed E-state index contributed by atoms with van der Waals surface area (Å²) in [5.74, 6) is -0.339. The summed E-state index contributed by atoms with van der Waals surface area (Å²) in [5.41, 5.74) is 3.36. The van der Waals surface area contributed by atoms with Crippen LogP contribution in [0.4, 0.5) is 10.2 Å². The van der Waals surface area contributed by atoms with Crippen molar-refractivity contribution in [1.82, 2.24) is 4.98 Å². The van der Waals surface area contributed by atoms with Crippen LogP contribution < -0.4 is 14.9 Å². The summed E-state index contributed by atoms with van der Waals surface area (Å²) < 4.78 is 24.2. The van der Waals surface area contributed by atoms with Crippen LogP contribution >= 0.6 is 0 Å². The topological polar surface area (TPSA) is 72.8 Å². The maximum atomic E-state index is 13.7. The van der Waals surface area contributed by atoms with Gasteiger partial charge in [0.1, 0.15) is 11.6 Å². The summed E-state index contributed by atoms with van der Waals surface area (Å²) in [7, 11) is 1.45. The third-order valence-electron chi connectivity index (χ3n) is 3.54. The largest absolute Gasteiger partial charge is 0.493 e. The fourth-order valence-electron chi connectivity index (χ4n) is 2.23. The Morgan fingerprint density at radius 1 is 1.11 bits per heavy atom. The fourth-order valence-corrected chi connectivity index (χ4v) is 2.23. The van der Waals surface area contributed by atoms with E-state index in [9.17, 15) is 9.18 Å². The summed E-state index contributed by atoms with van der Waals surface area (Å²) in [6.45, 7) is 0. The second kappa shape index (κ2) is 8.57. The maximum absolute atomic E-state index is 13.7. The van der Waals surface area contributed by atoms with Gasteiger partial charge in [-0.2, -0.15) is 5.10 Å². The number of anilines is 1. The summed E-state index contributed by atoms with van der Waals surface area (Å²) in [6.07, 6.45) is 3.22. The number of halogens is 1. The van der Waals surface area contributed by atoms with Gasteiger partial charge < -0.3 is 9.47 Å². The number of esters is 1. The Morgan fingerprint density at radius 3 is 2.67 bits per heavy atom. The zero-order chi connectivity index (χ0) is 19.1. The van der Waals surface area contributed by atoms with E-state index in [2.05, 4.69) is 15.5 Å². The Kier molecular flexibility index (Phi) is 5.73. The number of hydrogen-bond donors (Lipinski definition) is 1. The molecule has 6 nitrogen and oxygen atoms in total. The first-order valence-corrected chi connectivity index (χ1v) is 8.02. The minimum Gasteiger partial charge on any atom is -0.493 e. The fraction of sp³-hybridized carbons (Fsp3) is 0.0500. The van der Waals surface area contributed by atoms with E-state index in [1.807, 2.05) is 6.07 Å². The number of hydrogen-bond acceptors (Lipinski definition) is 6. The van der Waals surface area contributed by atoms with Gasteiger partial charge in [0.05, 0.1) is 18.9 Å². The molecular formula is C20H16FN3O3. The number of benzene rings is 2. The van der Waals surface area contributed by atoms with Crippen LogP contribution in [0.15, 0.2) is 72.0 Å². The lowest BCUT2D eigenvalue weighted by molar-refractivity contribution is 0.0725. The number of hydrazone groups is 1. The summed E-state index contributed by atoms with van der Waals surface area (Å²) in [4.78, 5) is 16.2. The highest BCUT2D eigenvalue weighted by molar-refractivity contribution is 5.92. The van der Waals surface area contributed by atoms with E-state index in [0.29, 0.717) is 17.1 Å². The number of nitrogens with zero attached hydrogens (tertiary/aromatic N) is 2. The SMILES string of the molecule is COc1cc(/C=N\Nc2ccccn2)ccc1OC(=O)c1ccccc1F. The molecule has 1 heterocycles. The monoisotopic (exact) mass is 365 g/mol. The Labute approximate surface area is 155 Å². The molecule has 7 heteroatoms. The third-order valence-corrected chi connectivity index (χ3v) is 3.54. The van der Waals surface area contributed by atoms with E-state index in [-0.39, 0.29) is 11.3 Å². The third kappa shape index (κ3) is 4.66. The van der Waals surface area contributed by atoms with Crippen molar-refractivity contribution >= 4 is 18.0 Å². The van der Waals surface area contributed by atoms with Crippen molar-refractivity contribution < 1.29 is 18.7 Å².